The minimum Gasteiger partial charge on any atom is -0.461 e. The maximum Gasteiger partial charge on any atom is 0.347 e. The van der Waals surface area contributed by atoms with E-state index in [-0.39, 0.29) is 13.2 Å². The van der Waals surface area contributed by atoms with Crippen LogP contribution in [-0.2, 0) is 38.1 Å². The predicted octanol–water partition coefficient (Wildman–Crippen LogP) is 1.23. The lowest BCUT2D eigenvalue weighted by Gasteiger charge is -2.17. The van der Waals surface area contributed by atoms with Gasteiger partial charge in [0.2, 0.25) is 0 Å². The SMILES string of the molecule is CCOCCOCCOC(=O)C(C)OC(=O)C(C)OC(=O)C(C)Br. The molecule has 0 spiro atoms. The van der Waals surface area contributed by atoms with Crippen molar-refractivity contribution in [2.75, 3.05) is 33.0 Å². The Balaban J connectivity index is 3.95. The number of ether oxygens (including phenoxy) is 5. The third kappa shape index (κ3) is 10.6. The van der Waals surface area contributed by atoms with Gasteiger partial charge in [-0.25, -0.2) is 9.59 Å². The van der Waals surface area contributed by atoms with E-state index in [1.165, 1.54) is 13.8 Å². The summed E-state index contributed by atoms with van der Waals surface area (Å²) in [5.74, 6) is -2.13. The van der Waals surface area contributed by atoms with Gasteiger partial charge in [0.15, 0.2) is 12.2 Å². The Morgan fingerprint density at radius 2 is 1.29 bits per heavy atom. The Morgan fingerprint density at radius 1 is 0.792 bits per heavy atom. The molecular formula is C15H25BrO8. The Kier molecular flexibility index (Phi) is 12.5. The number of alkyl halides is 1. The fourth-order valence-corrected chi connectivity index (χ4v) is 1.42. The molecule has 0 fully saturated rings. The van der Waals surface area contributed by atoms with Crippen molar-refractivity contribution in [3.05, 3.63) is 0 Å². The third-order valence-electron chi connectivity index (χ3n) is 2.62. The number of esters is 3. The van der Waals surface area contributed by atoms with Gasteiger partial charge in [-0.15, -0.1) is 0 Å². The smallest absolute Gasteiger partial charge is 0.347 e. The molecule has 0 N–H and O–H groups in total. The zero-order valence-electron chi connectivity index (χ0n) is 14.4. The van der Waals surface area contributed by atoms with E-state index >= 15 is 0 Å². The van der Waals surface area contributed by atoms with E-state index in [1.54, 1.807) is 6.92 Å². The highest BCUT2D eigenvalue weighted by Gasteiger charge is 2.26. The number of halogens is 1. The number of carbonyl (C=O) groups is 3. The Labute approximate surface area is 150 Å². The van der Waals surface area contributed by atoms with Crippen LogP contribution >= 0.6 is 15.9 Å². The lowest BCUT2D eigenvalue weighted by atomic mass is 10.3. The number of carbonyl (C=O) groups excluding carboxylic acids is 3. The van der Waals surface area contributed by atoms with Gasteiger partial charge < -0.3 is 23.7 Å². The maximum absolute atomic E-state index is 11.7. The van der Waals surface area contributed by atoms with Crippen LogP contribution in [0.5, 0.6) is 0 Å². The lowest BCUT2D eigenvalue weighted by molar-refractivity contribution is -0.177. The van der Waals surface area contributed by atoms with Gasteiger partial charge in [0.1, 0.15) is 11.4 Å². The highest BCUT2D eigenvalue weighted by molar-refractivity contribution is 9.10. The van der Waals surface area contributed by atoms with E-state index < -0.39 is 34.9 Å². The molecule has 0 aromatic heterocycles. The van der Waals surface area contributed by atoms with Crippen molar-refractivity contribution in [2.45, 2.75) is 44.7 Å². The van der Waals surface area contributed by atoms with Gasteiger partial charge in [-0.1, -0.05) is 15.9 Å². The highest BCUT2D eigenvalue weighted by atomic mass is 79.9. The molecule has 9 heteroatoms. The van der Waals surface area contributed by atoms with Crippen LogP contribution in [0.4, 0.5) is 0 Å². The predicted molar refractivity (Wildman–Crippen MR) is 87.8 cm³/mol. The second kappa shape index (κ2) is 13.1. The second-order valence-corrected chi connectivity index (χ2v) is 6.12. The normalized spacial score (nSPS) is 14.4. The first-order valence-electron chi connectivity index (χ1n) is 7.66. The number of hydrogen-bond acceptors (Lipinski definition) is 8. The average molecular weight is 413 g/mol. The second-order valence-electron chi connectivity index (χ2n) is 4.75. The van der Waals surface area contributed by atoms with Gasteiger partial charge in [-0.2, -0.15) is 0 Å². The summed E-state index contributed by atoms with van der Waals surface area (Å²) in [5, 5.41) is 0. The molecule has 24 heavy (non-hydrogen) atoms. The standard InChI is InChI=1S/C15H25BrO8/c1-5-20-6-7-21-8-9-22-14(18)11(3)24-15(19)12(4)23-13(17)10(2)16/h10-12H,5-9H2,1-4H3. The minimum absolute atomic E-state index is 0.0402. The van der Waals surface area contributed by atoms with Gasteiger partial charge in [-0.05, 0) is 27.7 Å². The largest absolute Gasteiger partial charge is 0.461 e. The van der Waals surface area contributed by atoms with Crippen LogP contribution in [0.15, 0.2) is 0 Å². The van der Waals surface area contributed by atoms with Gasteiger partial charge >= 0.3 is 17.9 Å². The summed E-state index contributed by atoms with van der Waals surface area (Å²) in [7, 11) is 0. The van der Waals surface area contributed by atoms with Crippen molar-refractivity contribution < 1.29 is 38.1 Å². The molecule has 0 aliphatic heterocycles. The zero-order chi connectivity index (χ0) is 18.5. The van der Waals surface area contributed by atoms with Gasteiger partial charge in [0.05, 0.1) is 19.8 Å². The van der Waals surface area contributed by atoms with Crippen LogP contribution in [0.1, 0.15) is 27.7 Å². The van der Waals surface area contributed by atoms with Gasteiger partial charge in [-0.3, -0.25) is 4.79 Å². The quantitative estimate of drug-likeness (QED) is 0.204. The van der Waals surface area contributed by atoms with Crippen LogP contribution in [0, 0.1) is 0 Å². The Hall–Kier alpha value is -1.19. The fourth-order valence-electron chi connectivity index (χ4n) is 1.32. The molecule has 0 bridgehead atoms. The number of hydrogen-bond donors (Lipinski definition) is 0. The van der Waals surface area contributed by atoms with E-state index in [0.29, 0.717) is 19.8 Å². The molecule has 0 aliphatic carbocycles. The molecule has 0 saturated carbocycles. The molecule has 0 aliphatic rings. The molecule has 140 valence electrons. The molecule has 8 nitrogen and oxygen atoms in total. The maximum atomic E-state index is 11.7. The van der Waals surface area contributed by atoms with E-state index in [4.69, 9.17) is 23.7 Å². The van der Waals surface area contributed by atoms with Crippen molar-refractivity contribution in [1.82, 2.24) is 0 Å². The third-order valence-corrected chi connectivity index (χ3v) is 3.00. The topological polar surface area (TPSA) is 97.4 Å². The van der Waals surface area contributed by atoms with Crippen LogP contribution in [0.2, 0.25) is 0 Å². The Morgan fingerprint density at radius 3 is 1.88 bits per heavy atom. The van der Waals surface area contributed by atoms with Gasteiger partial charge in [0.25, 0.3) is 0 Å². The summed E-state index contributed by atoms with van der Waals surface area (Å²) in [5.41, 5.74) is 0. The summed E-state index contributed by atoms with van der Waals surface area (Å²) in [6.45, 7) is 7.94. The van der Waals surface area contributed by atoms with Crippen LogP contribution in [-0.4, -0.2) is 68.0 Å². The van der Waals surface area contributed by atoms with Gasteiger partial charge in [0, 0.05) is 6.61 Å². The van der Waals surface area contributed by atoms with E-state index in [2.05, 4.69) is 15.9 Å². The molecule has 0 heterocycles. The van der Waals surface area contributed by atoms with E-state index in [0.717, 1.165) is 0 Å². The molecule has 0 rings (SSSR count). The monoisotopic (exact) mass is 412 g/mol. The number of rotatable bonds is 12. The summed E-state index contributed by atoms with van der Waals surface area (Å²) in [6, 6.07) is 0. The minimum atomic E-state index is -1.12. The molecule has 0 aromatic carbocycles. The van der Waals surface area contributed by atoms with Crippen molar-refractivity contribution in [3.8, 4) is 0 Å². The molecule has 0 saturated heterocycles. The molecule has 0 aromatic rings. The lowest BCUT2D eigenvalue weighted by Crippen LogP contribution is -2.34. The molecule has 0 radical (unpaired) electrons. The van der Waals surface area contributed by atoms with Crippen LogP contribution in [0.3, 0.4) is 0 Å². The fraction of sp³-hybridized carbons (Fsp3) is 0.800. The van der Waals surface area contributed by atoms with E-state index in [1.807, 2.05) is 6.92 Å². The zero-order valence-corrected chi connectivity index (χ0v) is 16.0. The summed E-state index contributed by atoms with van der Waals surface area (Å²) >= 11 is 3.03. The molecule has 3 atom stereocenters. The first kappa shape index (κ1) is 22.8. The highest BCUT2D eigenvalue weighted by Crippen LogP contribution is 2.06. The molecule has 3 unspecified atom stereocenters. The summed E-state index contributed by atoms with van der Waals surface area (Å²) in [4.78, 5) is 34.2. The average Bonchev–Trinajstić information content (AvgIpc) is 2.53. The first-order valence-corrected chi connectivity index (χ1v) is 8.58. The Bertz CT molecular complexity index is 399. The molecule has 0 amide bonds. The van der Waals surface area contributed by atoms with Crippen LogP contribution in [0.25, 0.3) is 0 Å². The van der Waals surface area contributed by atoms with E-state index in [9.17, 15) is 14.4 Å². The summed E-state index contributed by atoms with van der Waals surface area (Å²) < 4.78 is 24.9. The van der Waals surface area contributed by atoms with Crippen molar-refractivity contribution in [1.29, 1.82) is 0 Å². The van der Waals surface area contributed by atoms with Crippen molar-refractivity contribution >= 4 is 33.8 Å². The van der Waals surface area contributed by atoms with Crippen molar-refractivity contribution in [2.24, 2.45) is 0 Å². The van der Waals surface area contributed by atoms with Crippen LogP contribution < -0.4 is 0 Å². The summed E-state index contributed by atoms with van der Waals surface area (Å²) in [6.07, 6.45) is -2.22. The van der Waals surface area contributed by atoms with Crippen molar-refractivity contribution in [3.63, 3.8) is 0 Å². The first-order chi connectivity index (χ1) is 11.3. The molecular weight excluding hydrogens is 388 g/mol.